The highest BCUT2D eigenvalue weighted by Gasteiger charge is 2.17. The number of carboxylic acids is 1. The molecular weight excluding hydrogens is 388 g/mol. The van der Waals surface area contributed by atoms with Gasteiger partial charge in [-0.15, -0.1) is 0 Å². The largest absolute Gasteiger partial charge is 0.481 e. The molecule has 0 spiro atoms. The van der Waals surface area contributed by atoms with E-state index in [9.17, 15) is 19.5 Å². The second kappa shape index (κ2) is 13.7. The summed E-state index contributed by atoms with van der Waals surface area (Å²) in [6.45, 7) is 9.90. The van der Waals surface area contributed by atoms with Crippen molar-refractivity contribution in [2.75, 3.05) is 0 Å². The first-order chi connectivity index (χ1) is 14.6. The Morgan fingerprint density at radius 2 is 1.61 bits per heavy atom. The molecule has 4 nitrogen and oxygen atoms in total. The van der Waals surface area contributed by atoms with Crippen LogP contribution in [0.5, 0.6) is 0 Å². The summed E-state index contributed by atoms with van der Waals surface area (Å²) >= 11 is 0. The number of hydrogen-bond acceptors (Lipinski definition) is 3. The fourth-order valence-electron chi connectivity index (χ4n) is 3.59. The van der Waals surface area contributed by atoms with Gasteiger partial charge < -0.3 is 5.11 Å². The molecule has 0 radical (unpaired) electrons. The van der Waals surface area contributed by atoms with Crippen molar-refractivity contribution >= 4 is 17.5 Å². The third-order valence-corrected chi connectivity index (χ3v) is 5.57. The average molecular weight is 427 g/mol. The minimum atomic E-state index is -0.691. The third kappa shape index (κ3) is 10.9. The van der Waals surface area contributed by atoms with Crippen LogP contribution in [-0.4, -0.2) is 22.6 Å². The molecule has 0 amide bonds. The van der Waals surface area contributed by atoms with Crippen molar-refractivity contribution in [2.45, 2.75) is 86.0 Å². The molecule has 1 rings (SSSR count). The Kier molecular flexibility index (Phi) is 11.8. The highest BCUT2D eigenvalue weighted by molar-refractivity contribution is 6.20. The molecule has 0 saturated carbocycles. The molecule has 0 aliphatic heterocycles. The van der Waals surface area contributed by atoms with E-state index in [1.54, 1.807) is 6.92 Å². The summed E-state index contributed by atoms with van der Waals surface area (Å²) in [7, 11) is 0. The number of ketones is 2. The number of carbonyl (C=O) groups excluding carboxylic acids is 2. The molecule has 1 aliphatic rings. The number of carboxylic acid groups (broad SMARTS) is 1. The van der Waals surface area contributed by atoms with Crippen molar-refractivity contribution in [1.82, 2.24) is 0 Å². The average Bonchev–Trinajstić information content (AvgIpc) is 2.68. The Bertz CT molecular complexity index is 814. The monoisotopic (exact) mass is 426 g/mol. The van der Waals surface area contributed by atoms with E-state index in [-0.39, 0.29) is 17.5 Å². The first-order valence-corrected chi connectivity index (χ1v) is 11.2. The third-order valence-electron chi connectivity index (χ3n) is 5.57. The van der Waals surface area contributed by atoms with E-state index in [1.165, 1.54) is 28.9 Å². The number of Topliss-reactive ketones (excluding diaryl/α,β-unsaturated/α-hetero) is 1. The van der Waals surface area contributed by atoms with Gasteiger partial charge in [-0.3, -0.25) is 14.4 Å². The zero-order valence-electron chi connectivity index (χ0n) is 19.8. The molecule has 0 bridgehead atoms. The molecule has 0 heterocycles. The Labute approximate surface area is 187 Å². The second-order valence-electron chi connectivity index (χ2n) is 8.86. The standard InChI is InChI=1S/C27H38O4/c1-19(2)9-6-13-23(27(30)31)14-8-12-20(3)10-7-11-21(4)15-16-24-18-25(28)17-22(5)26(24)29/h9-10,15,17-18,23H,6-8,11-14,16H2,1-5H3,(H,30,31). The topological polar surface area (TPSA) is 71.4 Å². The maximum atomic E-state index is 12.1. The molecule has 0 aromatic rings. The van der Waals surface area contributed by atoms with Crippen LogP contribution in [0.2, 0.25) is 0 Å². The molecule has 4 heteroatoms. The van der Waals surface area contributed by atoms with Gasteiger partial charge in [-0.2, -0.15) is 0 Å². The molecule has 170 valence electrons. The van der Waals surface area contributed by atoms with Crippen molar-refractivity contribution < 1.29 is 19.5 Å². The van der Waals surface area contributed by atoms with E-state index in [2.05, 4.69) is 19.1 Å². The van der Waals surface area contributed by atoms with Gasteiger partial charge in [0.1, 0.15) is 0 Å². The lowest BCUT2D eigenvalue weighted by Gasteiger charge is -2.11. The Morgan fingerprint density at radius 1 is 0.935 bits per heavy atom. The number of rotatable bonds is 13. The zero-order valence-corrected chi connectivity index (χ0v) is 19.8. The minimum absolute atomic E-state index is 0.0418. The molecule has 0 aromatic heterocycles. The summed E-state index contributed by atoms with van der Waals surface area (Å²) in [6.07, 6.45) is 15.5. The van der Waals surface area contributed by atoms with Crippen LogP contribution in [0.4, 0.5) is 0 Å². The molecule has 1 atom stereocenters. The lowest BCUT2D eigenvalue weighted by molar-refractivity contribution is -0.142. The lowest BCUT2D eigenvalue weighted by atomic mass is 9.93. The molecule has 0 aromatic carbocycles. The molecule has 1 N–H and O–H groups in total. The minimum Gasteiger partial charge on any atom is -0.481 e. The van der Waals surface area contributed by atoms with Crippen molar-refractivity contribution in [3.8, 4) is 0 Å². The molecule has 31 heavy (non-hydrogen) atoms. The van der Waals surface area contributed by atoms with Crippen LogP contribution >= 0.6 is 0 Å². The van der Waals surface area contributed by atoms with E-state index in [4.69, 9.17) is 0 Å². The van der Waals surface area contributed by atoms with Gasteiger partial charge in [0, 0.05) is 11.1 Å². The summed E-state index contributed by atoms with van der Waals surface area (Å²) in [5, 5.41) is 9.41. The fourth-order valence-corrected chi connectivity index (χ4v) is 3.59. The summed E-state index contributed by atoms with van der Waals surface area (Å²) in [5.74, 6) is -1.11. The van der Waals surface area contributed by atoms with Crippen LogP contribution in [-0.2, 0) is 14.4 Å². The van der Waals surface area contributed by atoms with Crippen LogP contribution < -0.4 is 0 Å². The van der Waals surface area contributed by atoms with Crippen molar-refractivity contribution in [2.24, 2.45) is 5.92 Å². The number of allylic oxidation sites excluding steroid dienone is 10. The van der Waals surface area contributed by atoms with Crippen molar-refractivity contribution in [3.63, 3.8) is 0 Å². The van der Waals surface area contributed by atoms with Crippen LogP contribution in [0.3, 0.4) is 0 Å². The zero-order chi connectivity index (χ0) is 23.4. The number of hydrogen-bond donors (Lipinski definition) is 1. The maximum Gasteiger partial charge on any atom is 0.306 e. The maximum absolute atomic E-state index is 12.1. The van der Waals surface area contributed by atoms with Crippen molar-refractivity contribution in [3.05, 3.63) is 58.2 Å². The van der Waals surface area contributed by atoms with Gasteiger partial charge in [-0.05, 0) is 98.1 Å². The Morgan fingerprint density at radius 3 is 2.26 bits per heavy atom. The van der Waals surface area contributed by atoms with Crippen LogP contribution in [0.25, 0.3) is 0 Å². The normalized spacial score (nSPS) is 16.0. The van der Waals surface area contributed by atoms with Gasteiger partial charge in [0.05, 0.1) is 5.92 Å². The fraction of sp³-hybridized carbons (Fsp3) is 0.519. The smallest absolute Gasteiger partial charge is 0.306 e. The summed E-state index contributed by atoms with van der Waals surface area (Å²) in [5.41, 5.74) is 4.79. The van der Waals surface area contributed by atoms with Gasteiger partial charge in [-0.25, -0.2) is 0 Å². The van der Waals surface area contributed by atoms with Gasteiger partial charge >= 0.3 is 5.97 Å². The van der Waals surface area contributed by atoms with Gasteiger partial charge in [0.2, 0.25) is 0 Å². The molecule has 1 unspecified atom stereocenters. The summed E-state index contributed by atoms with van der Waals surface area (Å²) in [6, 6.07) is 0. The highest BCUT2D eigenvalue weighted by Crippen LogP contribution is 2.20. The van der Waals surface area contributed by atoms with E-state index in [1.807, 2.05) is 26.8 Å². The van der Waals surface area contributed by atoms with E-state index in [0.29, 0.717) is 30.4 Å². The molecule has 1 aliphatic carbocycles. The lowest BCUT2D eigenvalue weighted by Crippen LogP contribution is -2.13. The van der Waals surface area contributed by atoms with Crippen LogP contribution in [0.15, 0.2) is 58.2 Å². The quantitative estimate of drug-likeness (QED) is 0.263. The van der Waals surface area contributed by atoms with E-state index >= 15 is 0 Å². The molecular formula is C27H38O4. The van der Waals surface area contributed by atoms with Gasteiger partial charge in [0.25, 0.3) is 0 Å². The Balaban J connectivity index is 2.39. The summed E-state index contributed by atoms with van der Waals surface area (Å²) in [4.78, 5) is 35.1. The molecule has 0 fully saturated rings. The summed E-state index contributed by atoms with van der Waals surface area (Å²) < 4.78 is 0. The highest BCUT2D eigenvalue weighted by atomic mass is 16.4. The van der Waals surface area contributed by atoms with Gasteiger partial charge in [0.15, 0.2) is 11.6 Å². The first kappa shape index (κ1) is 26.5. The molecule has 0 saturated heterocycles. The SMILES string of the molecule is CC(C)=CCCC(CCCC(C)=CCCC(C)=CCC1=CC(=O)C=C(C)C1=O)C(=O)O. The van der Waals surface area contributed by atoms with Gasteiger partial charge in [-0.1, -0.05) is 34.9 Å². The number of aliphatic carboxylic acids is 1. The van der Waals surface area contributed by atoms with E-state index < -0.39 is 5.97 Å². The first-order valence-electron chi connectivity index (χ1n) is 11.2. The predicted octanol–water partition coefficient (Wildman–Crippen LogP) is 6.69. The Hall–Kier alpha value is -2.49. The van der Waals surface area contributed by atoms with Crippen molar-refractivity contribution in [1.29, 1.82) is 0 Å². The van der Waals surface area contributed by atoms with E-state index in [0.717, 1.165) is 32.1 Å². The second-order valence-corrected chi connectivity index (χ2v) is 8.86. The van der Waals surface area contributed by atoms with Crippen LogP contribution in [0.1, 0.15) is 86.0 Å². The predicted molar refractivity (Wildman–Crippen MR) is 127 cm³/mol. The van der Waals surface area contributed by atoms with Crippen LogP contribution in [0, 0.1) is 5.92 Å². The number of carbonyl (C=O) groups is 3.